The maximum Gasteiger partial charge on any atom is 0.421 e. The molecule has 0 fully saturated rings. The van der Waals surface area contributed by atoms with Crippen molar-refractivity contribution in [1.82, 2.24) is 4.98 Å². The highest BCUT2D eigenvalue weighted by Gasteiger charge is 2.38. The van der Waals surface area contributed by atoms with Gasteiger partial charge in [0.25, 0.3) is 5.82 Å². The van der Waals surface area contributed by atoms with Crippen molar-refractivity contribution < 1.29 is 17.7 Å². The first-order chi connectivity index (χ1) is 10.7. The molecule has 0 saturated carbocycles. The fourth-order valence-corrected chi connectivity index (χ4v) is 3.18. The van der Waals surface area contributed by atoms with E-state index in [4.69, 9.17) is 0 Å². The van der Waals surface area contributed by atoms with E-state index in [9.17, 15) is 13.2 Å². The SMILES string of the molecule is CCc1c2cc3cc(C)ccc3c(C(F)(F)F)c2nc(C)[n+]1C. The molecule has 0 bridgehead atoms. The molecule has 0 aliphatic rings. The van der Waals surface area contributed by atoms with Crippen molar-refractivity contribution in [2.24, 2.45) is 7.05 Å². The van der Waals surface area contributed by atoms with Crippen molar-refractivity contribution >= 4 is 21.7 Å². The van der Waals surface area contributed by atoms with Gasteiger partial charge < -0.3 is 0 Å². The summed E-state index contributed by atoms with van der Waals surface area (Å²) in [5.74, 6) is 0.575. The van der Waals surface area contributed by atoms with Gasteiger partial charge in [0.1, 0.15) is 11.3 Å². The molecule has 1 heterocycles. The van der Waals surface area contributed by atoms with E-state index in [1.807, 2.05) is 31.5 Å². The minimum atomic E-state index is -4.45. The second kappa shape index (κ2) is 5.18. The van der Waals surface area contributed by atoms with Crippen LogP contribution in [0, 0.1) is 13.8 Å². The van der Waals surface area contributed by atoms with E-state index < -0.39 is 11.7 Å². The predicted molar refractivity (Wildman–Crippen MR) is 84.3 cm³/mol. The van der Waals surface area contributed by atoms with Crippen LogP contribution < -0.4 is 4.57 Å². The maximum atomic E-state index is 13.8. The van der Waals surface area contributed by atoms with E-state index in [0.29, 0.717) is 23.0 Å². The number of alkyl halides is 3. The zero-order valence-electron chi connectivity index (χ0n) is 13.5. The van der Waals surface area contributed by atoms with Gasteiger partial charge in [-0.05, 0) is 28.7 Å². The van der Waals surface area contributed by atoms with Crippen molar-refractivity contribution in [3.63, 3.8) is 0 Å². The molecule has 0 N–H and O–H groups in total. The van der Waals surface area contributed by atoms with Crippen LogP contribution in [0.4, 0.5) is 13.2 Å². The van der Waals surface area contributed by atoms with E-state index >= 15 is 0 Å². The Kier molecular flexibility index (Phi) is 3.54. The minimum absolute atomic E-state index is 0.0429. The lowest BCUT2D eigenvalue weighted by atomic mass is 9.97. The van der Waals surface area contributed by atoms with Crippen LogP contribution in [-0.4, -0.2) is 4.98 Å². The zero-order chi connectivity index (χ0) is 16.9. The summed E-state index contributed by atoms with van der Waals surface area (Å²) in [7, 11) is 1.84. The third kappa shape index (κ3) is 2.44. The minimum Gasteiger partial charge on any atom is -0.234 e. The molecule has 23 heavy (non-hydrogen) atoms. The molecule has 120 valence electrons. The van der Waals surface area contributed by atoms with Gasteiger partial charge in [0.2, 0.25) is 0 Å². The van der Waals surface area contributed by atoms with Gasteiger partial charge in [-0.25, -0.2) is 4.57 Å². The van der Waals surface area contributed by atoms with E-state index in [1.165, 1.54) is 0 Å². The number of halogens is 3. The molecule has 2 nitrogen and oxygen atoms in total. The summed E-state index contributed by atoms with van der Waals surface area (Å²) in [6.07, 6.45) is -3.80. The van der Waals surface area contributed by atoms with Gasteiger partial charge in [0.05, 0.1) is 12.4 Å². The molecule has 0 saturated heterocycles. The Labute approximate surface area is 132 Å². The van der Waals surface area contributed by atoms with Crippen LogP contribution in [0.2, 0.25) is 0 Å². The molecule has 0 atom stereocenters. The Morgan fingerprint density at radius 3 is 2.39 bits per heavy atom. The summed E-state index contributed by atoms with van der Waals surface area (Å²) in [5, 5.41) is 1.38. The topological polar surface area (TPSA) is 16.8 Å². The van der Waals surface area contributed by atoms with Gasteiger partial charge in [0, 0.05) is 13.3 Å². The lowest BCUT2D eigenvalue weighted by molar-refractivity contribution is -0.686. The number of rotatable bonds is 1. The van der Waals surface area contributed by atoms with Crippen molar-refractivity contribution in [2.45, 2.75) is 33.4 Å². The molecular weight excluding hydrogens is 301 g/mol. The summed E-state index contributed by atoms with van der Waals surface area (Å²) in [6.45, 7) is 5.56. The van der Waals surface area contributed by atoms with Crippen molar-refractivity contribution in [3.8, 4) is 0 Å². The second-order valence-corrected chi connectivity index (χ2v) is 5.89. The number of aromatic nitrogens is 2. The molecule has 0 aliphatic heterocycles. The number of hydrogen-bond donors (Lipinski definition) is 0. The van der Waals surface area contributed by atoms with Crippen molar-refractivity contribution in [1.29, 1.82) is 0 Å². The van der Waals surface area contributed by atoms with Crippen LogP contribution >= 0.6 is 0 Å². The van der Waals surface area contributed by atoms with Crippen molar-refractivity contribution in [3.05, 3.63) is 46.9 Å². The van der Waals surface area contributed by atoms with Gasteiger partial charge >= 0.3 is 6.18 Å². The summed E-state index contributed by atoms with van der Waals surface area (Å²) < 4.78 is 43.2. The second-order valence-electron chi connectivity index (χ2n) is 5.89. The monoisotopic (exact) mass is 319 g/mol. The van der Waals surface area contributed by atoms with Crippen molar-refractivity contribution in [2.75, 3.05) is 0 Å². The fraction of sp³-hybridized carbons (Fsp3) is 0.333. The normalized spacial score (nSPS) is 12.3. The van der Waals surface area contributed by atoms with E-state index in [2.05, 4.69) is 4.98 Å². The van der Waals surface area contributed by atoms with Crippen LogP contribution in [0.3, 0.4) is 0 Å². The highest BCUT2D eigenvalue weighted by Crippen LogP contribution is 2.40. The standard InChI is InChI=1S/C18H18F3N2/c1-5-15-14-9-12-8-10(2)6-7-13(12)16(18(19,20)21)17(14)22-11(3)23(15)4/h6-9H,5H2,1-4H3/q+1. The van der Waals surface area contributed by atoms with Crippen LogP contribution in [-0.2, 0) is 19.6 Å². The first-order valence-electron chi connectivity index (χ1n) is 7.53. The zero-order valence-corrected chi connectivity index (χ0v) is 13.5. The van der Waals surface area contributed by atoms with Gasteiger partial charge in [-0.1, -0.05) is 30.7 Å². The maximum absolute atomic E-state index is 13.8. The quantitative estimate of drug-likeness (QED) is 0.479. The van der Waals surface area contributed by atoms with Crippen LogP contribution in [0.1, 0.15) is 29.6 Å². The number of fused-ring (bicyclic) bond motifs is 2. The number of hydrogen-bond acceptors (Lipinski definition) is 1. The Balaban J connectivity index is 2.63. The average Bonchev–Trinajstić information content (AvgIpc) is 2.45. The van der Waals surface area contributed by atoms with Crippen LogP contribution in [0.15, 0.2) is 24.3 Å². The fourth-order valence-electron chi connectivity index (χ4n) is 3.18. The molecule has 3 rings (SSSR count). The predicted octanol–water partition coefficient (Wildman–Crippen LogP) is 4.41. The Morgan fingerprint density at radius 1 is 1.09 bits per heavy atom. The van der Waals surface area contributed by atoms with Gasteiger partial charge in [-0.3, -0.25) is 0 Å². The molecule has 3 aromatic rings. The van der Waals surface area contributed by atoms with Gasteiger partial charge in [-0.15, -0.1) is 0 Å². The summed E-state index contributed by atoms with van der Waals surface area (Å²) in [6, 6.07) is 6.88. The summed E-state index contributed by atoms with van der Waals surface area (Å²) >= 11 is 0. The largest absolute Gasteiger partial charge is 0.421 e. The molecule has 0 spiro atoms. The van der Waals surface area contributed by atoms with Gasteiger partial charge in [0.15, 0.2) is 5.52 Å². The molecule has 0 unspecified atom stereocenters. The molecule has 0 amide bonds. The lowest BCUT2D eigenvalue weighted by Crippen LogP contribution is -2.38. The Morgan fingerprint density at radius 2 is 1.78 bits per heavy atom. The third-order valence-corrected chi connectivity index (χ3v) is 4.36. The first kappa shape index (κ1) is 15.7. The lowest BCUT2D eigenvalue weighted by Gasteiger charge is -2.14. The average molecular weight is 319 g/mol. The van der Waals surface area contributed by atoms with E-state index in [1.54, 1.807) is 25.1 Å². The van der Waals surface area contributed by atoms with Gasteiger partial charge in [-0.2, -0.15) is 13.2 Å². The number of benzene rings is 2. The Hall–Kier alpha value is -2.17. The summed E-state index contributed by atoms with van der Waals surface area (Å²) in [5.41, 5.74) is 1.21. The highest BCUT2D eigenvalue weighted by atomic mass is 19.4. The van der Waals surface area contributed by atoms with E-state index in [0.717, 1.165) is 11.3 Å². The highest BCUT2D eigenvalue weighted by molar-refractivity contribution is 6.01. The summed E-state index contributed by atoms with van der Waals surface area (Å²) in [4.78, 5) is 4.27. The molecule has 1 aromatic heterocycles. The first-order valence-corrected chi connectivity index (χ1v) is 7.53. The Bertz CT molecular complexity index is 927. The van der Waals surface area contributed by atoms with Crippen LogP contribution in [0.5, 0.6) is 0 Å². The molecule has 2 aromatic carbocycles. The number of aryl methyl sites for hydroxylation is 3. The van der Waals surface area contributed by atoms with Crippen LogP contribution in [0.25, 0.3) is 21.7 Å². The number of nitrogens with zero attached hydrogens (tertiary/aromatic N) is 2. The molecule has 5 heteroatoms. The van der Waals surface area contributed by atoms with E-state index in [-0.39, 0.29) is 10.9 Å². The molecule has 0 radical (unpaired) electrons. The molecular formula is C18H18F3N2+. The molecule has 0 aliphatic carbocycles. The smallest absolute Gasteiger partial charge is 0.234 e. The third-order valence-electron chi connectivity index (χ3n) is 4.36.